The molecule has 102 valence electrons. The van der Waals surface area contributed by atoms with Crippen molar-refractivity contribution in [3.8, 4) is 0 Å². The van der Waals surface area contributed by atoms with E-state index in [-0.39, 0.29) is 5.28 Å². The van der Waals surface area contributed by atoms with E-state index >= 15 is 0 Å². The zero-order chi connectivity index (χ0) is 13.8. The summed E-state index contributed by atoms with van der Waals surface area (Å²) in [6.45, 7) is 0. The van der Waals surface area contributed by atoms with Crippen LogP contribution in [0.2, 0.25) is 5.28 Å². The van der Waals surface area contributed by atoms with Crippen molar-refractivity contribution < 1.29 is 9.90 Å². The highest BCUT2D eigenvalue weighted by Gasteiger charge is 2.19. The van der Waals surface area contributed by atoms with Gasteiger partial charge >= 0.3 is 5.97 Å². The van der Waals surface area contributed by atoms with Gasteiger partial charge < -0.3 is 15.4 Å². The monoisotopic (exact) mass is 301 g/mol. The van der Waals surface area contributed by atoms with Crippen molar-refractivity contribution in [3.05, 3.63) is 11.6 Å². The fourth-order valence-electron chi connectivity index (χ4n) is 1.57. The Kier molecular flexibility index (Phi) is 4.43. The number of rotatable bonds is 6. The minimum Gasteiger partial charge on any atom is -0.480 e. The van der Waals surface area contributed by atoms with Gasteiger partial charge in [0.1, 0.15) is 11.6 Å². The summed E-state index contributed by atoms with van der Waals surface area (Å²) >= 11 is 7.36. The van der Waals surface area contributed by atoms with Gasteiger partial charge in [-0.05, 0) is 30.0 Å². The van der Waals surface area contributed by atoms with Gasteiger partial charge in [0.15, 0.2) is 11.5 Å². The smallest absolute Gasteiger partial charge is 0.326 e. The summed E-state index contributed by atoms with van der Waals surface area (Å²) in [4.78, 5) is 26.0. The van der Waals surface area contributed by atoms with Gasteiger partial charge in [-0.25, -0.2) is 9.78 Å². The van der Waals surface area contributed by atoms with Crippen molar-refractivity contribution in [2.45, 2.75) is 12.5 Å². The molecule has 2 rings (SSSR count). The molecule has 19 heavy (non-hydrogen) atoms. The summed E-state index contributed by atoms with van der Waals surface area (Å²) in [5.74, 6) is 0.145. The van der Waals surface area contributed by atoms with Crippen LogP contribution in [0.3, 0.4) is 0 Å². The lowest BCUT2D eigenvalue weighted by Crippen LogP contribution is -2.30. The Hall–Kier alpha value is -1.54. The molecule has 7 nitrogen and oxygen atoms in total. The molecule has 0 saturated heterocycles. The number of carbonyl (C=O) groups is 1. The Morgan fingerprint density at radius 3 is 3.11 bits per heavy atom. The van der Waals surface area contributed by atoms with Crippen LogP contribution in [0.15, 0.2) is 6.33 Å². The third-order valence-corrected chi connectivity index (χ3v) is 3.29. The number of nitrogens with one attached hydrogen (secondary N) is 2. The van der Waals surface area contributed by atoms with Crippen LogP contribution in [0, 0.1) is 0 Å². The molecular formula is C10H12ClN5O2S. The van der Waals surface area contributed by atoms with Gasteiger partial charge in [-0.2, -0.15) is 21.7 Å². The first kappa shape index (κ1) is 13.9. The van der Waals surface area contributed by atoms with E-state index < -0.39 is 12.0 Å². The van der Waals surface area contributed by atoms with E-state index in [1.54, 1.807) is 11.8 Å². The Bertz CT molecular complexity index is 590. The standard InChI is InChI=1S/C10H12ClN5O2S/c1-19-3-2-5(9(17)18)14-8-6-7(13-4-12-6)15-10(11)16-8/h4-5H,2-3H2,1H3,(H,17,18)(H2,12,13,14,15,16). The maximum Gasteiger partial charge on any atom is 0.326 e. The third kappa shape index (κ3) is 3.27. The zero-order valence-electron chi connectivity index (χ0n) is 10.1. The van der Waals surface area contributed by atoms with Gasteiger partial charge in [-0.3, -0.25) is 0 Å². The number of nitrogens with zero attached hydrogens (tertiary/aromatic N) is 3. The fourth-order valence-corrected chi connectivity index (χ4v) is 2.21. The predicted octanol–water partition coefficient (Wildman–Crippen LogP) is 1.62. The Morgan fingerprint density at radius 1 is 1.63 bits per heavy atom. The number of fused-ring (bicyclic) bond motifs is 1. The number of aromatic amines is 1. The Labute approximate surface area is 118 Å². The molecule has 0 saturated carbocycles. The topological polar surface area (TPSA) is 104 Å². The molecule has 0 fully saturated rings. The number of thioether (sulfide) groups is 1. The molecule has 2 aromatic rings. The van der Waals surface area contributed by atoms with E-state index in [0.29, 0.717) is 23.4 Å². The van der Waals surface area contributed by atoms with E-state index in [2.05, 4.69) is 25.3 Å². The van der Waals surface area contributed by atoms with Crippen molar-refractivity contribution >= 4 is 46.3 Å². The van der Waals surface area contributed by atoms with E-state index in [1.807, 2.05) is 6.26 Å². The lowest BCUT2D eigenvalue weighted by Gasteiger charge is -2.14. The molecule has 0 aliphatic heterocycles. The molecule has 0 bridgehead atoms. The zero-order valence-corrected chi connectivity index (χ0v) is 11.6. The van der Waals surface area contributed by atoms with Gasteiger partial charge in [0.2, 0.25) is 5.28 Å². The second-order valence-electron chi connectivity index (χ2n) is 3.76. The lowest BCUT2D eigenvalue weighted by atomic mass is 10.2. The van der Waals surface area contributed by atoms with Crippen LogP contribution in [0.1, 0.15) is 6.42 Å². The summed E-state index contributed by atoms with van der Waals surface area (Å²) in [5.41, 5.74) is 0.941. The molecule has 0 radical (unpaired) electrons. The SMILES string of the molecule is CSCCC(Nc1nc(Cl)nc2nc[nH]c12)C(=O)O. The van der Waals surface area contributed by atoms with Crippen LogP contribution in [0.5, 0.6) is 0 Å². The minimum absolute atomic E-state index is 0.0242. The van der Waals surface area contributed by atoms with Crippen LogP contribution in [-0.4, -0.2) is 49.1 Å². The van der Waals surface area contributed by atoms with Gasteiger partial charge in [-0.15, -0.1) is 0 Å². The second kappa shape index (κ2) is 6.07. The van der Waals surface area contributed by atoms with Crippen molar-refractivity contribution in [2.24, 2.45) is 0 Å². The number of carboxylic acid groups (broad SMARTS) is 1. The molecule has 1 unspecified atom stereocenters. The minimum atomic E-state index is -0.934. The van der Waals surface area contributed by atoms with E-state index in [1.165, 1.54) is 6.33 Å². The van der Waals surface area contributed by atoms with Gasteiger partial charge in [0, 0.05) is 0 Å². The average Bonchev–Trinajstić information content (AvgIpc) is 2.81. The van der Waals surface area contributed by atoms with Gasteiger partial charge in [0.25, 0.3) is 0 Å². The fraction of sp³-hybridized carbons (Fsp3) is 0.400. The van der Waals surface area contributed by atoms with Crippen LogP contribution < -0.4 is 5.32 Å². The molecule has 3 N–H and O–H groups in total. The summed E-state index contributed by atoms with van der Waals surface area (Å²) in [7, 11) is 0. The molecule has 9 heteroatoms. The summed E-state index contributed by atoms with van der Waals surface area (Å²) in [5, 5.41) is 12.1. The van der Waals surface area contributed by atoms with E-state index in [9.17, 15) is 9.90 Å². The molecule has 2 aromatic heterocycles. The van der Waals surface area contributed by atoms with Crippen molar-refractivity contribution in [1.29, 1.82) is 0 Å². The first-order valence-electron chi connectivity index (χ1n) is 5.46. The van der Waals surface area contributed by atoms with Crippen LogP contribution >= 0.6 is 23.4 Å². The number of anilines is 1. The number of H-pyrrole nitrogens is 1. The number of hydrogen-bond donors (Lipinski definition) is 3. The maximum atomic E-state index is 11.2. The van der Waals surface area contributed by atoms with Gasteiger partial charge in [0.05, 0.1) is 6.33 Å². The highest BCUT2D eigenvalue weighted by atomic mass is 35.5. The maximum absolute atomic E-state index is 11.2. The molecule has 0 aromatic carbocycles. The number of aliphatic carboxylic acids is 1. The molecule has 2 heterocycles. The summed E-state index contributed by atoms with van der Waals surface area (Å²) < 4.78 is 0. The number of imidazole rings is 1. The van der Waals surface area contributed by atoms with E-state index in [4.69, 9.17) is 11.6 Å². The Balaban J connectivity index is 2.27. The van der Waals surface area contributed by atoms with Crippen LogP contribution in [0.25, 0.3) is 11.2 Å². The molecule has 0 spiro atoms. The predicted molar refractivity (Wildman–Crippen MR) is 74.7 cm³/mol. The van der Waals surface area contributed by atoms with Gasteiger partial charge in [-0.1, -0.05) is 0 Å². The molecule has 0 amide bonds. The van der Waals surface area contributed by atoms with Crippen molar-refractivity contribution in [3.63, 3.8) is 0 Å². The second-order valence-corrected chi connectivity index (χ2v) is 5.08. The third-order valence-electron chi connectivity index (χ3n) is 2.48. The number of halogens is 1. The van der Waals surface area contributed by atoms with Crippen LogP contribution in [-0.2, 0) is 4.79 Å². The Morgan fingerprint density at radius 2 is 2.42 bits per heavy atom. The first-order valence-corrected chi connectivity index (χ1v) is 7.24. The highest BCUT2D eigenvalue weighted by Crippen LogP contribution is 2.20. The molecule has 0 aliphatic rings. The van der Waals surface area contributed by atoms with E-state index in [0.717, 1.165) is 5.75 Å². The lowest BCUT2D eigenvalue weighted by molar-refractivity contribution is -0.137. The van der Waals surface area contributed by atoms with Crippen molar-refractivity contribution in [2.75, 3.05) is 17.3 Å². The van der Waals surface area contributed by atoms with Crippen LogP contribution in [0.4, 0.5) is 5.82 Å². The molecule has 0 aliphatic carbocycles. The highest BCUT2D eigenvalue weighted by molar-refractivity contribution is 7.98. The molecule has 1 atom stereocenters. The summed E-state index contributed by atoms with van der Waals surface area (Å²) in [6.07, 6.45) is 3.86. The first-order chi connectivity index (χ1) is 9.11. The number of carboxylic acids is 1. The molecular weight excluding hydrogens is 290 g/mol. The number of aromatic nitrogens is 4. The number of hydrogen-bond acceptors (Lipinski definition) is 6. The van der Waals surface area contributed by atoms with Crippen molar-refractivity contribution in [1.82, 2.24) is 19.9 Å². The summed E-state index contributed by atoms with van der Waals surface area (Å²) in [6, 6.07) is -0.732. The average molecular weight is 302 g/mol. The normalized spacial score (nSPS) is 12.5. The quantitative estimate of drug-likeness (QED) is 0.696. The largest absolute Gasteiger partial charge is 0.480 e.